The van der Waals surface area contributed by atoms with Gasteiger partial charge >= 0.3 is 12.2 Å². The Labute approximate surface area is 200 Å². The number of amides is 2. The molecule has 0 bridgehead atoms. The molecule has 9 nitrogen and oxygen atoms in total. The van der Waals surface area contributed by atoms with Crippen molar-refractivity contribution in [3.63, 3.8) is 0 Å². The lowest BCUT2D eigenvalue weighted by molar-refractivity contribution is 0.0288. The maximum Gasteiger partial charge on any atom is 0.416 e. The van der Waals surface area contributed by atoms with E-state index >= 15 is 0 Å². The first-order valence-electron chi connectivity index (χ1n) is 9.97. The number of nitrogens with one attached hydrogen (secondary N) is 1. The van der Waals surface area contributed by atoms with Gasteiger partial charge in [-0.1, -0.05) is 0 Å². The summed E-state index contributed by atoms with van der Waals surface area (Å²) in [6.07, 6.45) is -0.299. The van der Waals surface area contributed by atoms with E-state index in [2.05, 4.69) is 22.9 Å². The van der Waals surface area contributed by atoms with Gasteiger partial charge in [-0.15, -0.1) is 12.6 Å². The predicted molar refractivity (Wildman–Crippen MR) is 127 cm³/mol. The van der Waals surface area contributed by atoms with Crippen LogP contribution in [0, 0.1) is 0 Å². The first-order valence-corrected chi connectivity index (χ1v) is 10.9. The minimum absolute atomic E-state index is 0.00172. The molecule has 1 heterocycles. The van der Waals surface area contributed by atoms with Gasteiger partial charge in [0.05, 0.1) is 12.8 Å². The lowest BCUT2D eigenvalue weighted by atomic mass is 10.2. The minimum atomic E-state index is -0.726. The van der Waals surface area contributed by atoms with Gasteiger partial charge in [0.1, 0.15) is 28.9 Å². The first-order chi connectivity index (χ1) is 14.6. The van der Waals surface area contributed by atoms with Gasteiger partial charge in [-0.2, -0.15) is 0 Å². The third-order valence-electron chi connectivity index (χ3n) is 3.70. The number of nitrogens with zero attached hydrogens (tertiary/aromatic N) is 3. The van der Waals surface area contributed by atoms with Gasteiger partial charge in [-0.25, -0.2) is 14.6 Å². The predicted octanol–water partition coefficient (Wildman–Crippen LogP) is 5.14. The topological polar surface area (TPSA) is 96.6 Å². The summed E-state index contributed by atoms with van der Waals surface area (Å²) in [4.78, 5) is 31.9. The summed E-state index contributed by atoms with van der Waals surface area (Å²) >= 11 is 10.6. The summed E-state index contributed by atoms with van der Waals surface area (Å²) in [6.45, 7) is 12.3. The molecule has 1 aromatic rings. The largest absolute Gasteiger partial charge is 0.467 e. The molecule has 32 heavy (non-hydrogen) atoms. The number of rotatable bonds is 6. The molecule has 1 atom stereocenters. The van der Waals surface area contributed by atoms with Crippen LogP contribution in [0.5, 0.6) is 0 Å². The highest BCUT2D eigenvalue weighted by Crippen LogP contribution is 2.20. The lowest BCUT2D eigenvalue weighted by Crippen LogP contribution is -2.47. The Kier molecular flexibility index (Phi) is 9.96. The Balaban J connectivity index is 3.06. The van der Waals surface area contributed by atoms with E-state index in [9.17, 15) is 9.59 Å². The van der Waals surface area contributed by atoms with Crippen LogP contribution in [-0.4, -0.2) is 51.7 Å². The summed E-state index contributed by atoms with van der Waals surface area (Å²) in [5.74, 6) is 0.642. The zero-order valence-corrected chi connectivity index (χ0v) is 21.5. The fourth-order valence-corrected chi connectivity index (χ4v) is 2.61. The average Bonchev–Trinajstić information content (AvgIpc) is 3.13. The number of furan rings is 1. The van der Waals surface area contributed by atoms with Crippen LogP contribution < -0.4 is 5.32 Å². The van der Waals surface area contributed by atoms with Crippen LogP contribution in [0.4, 0.5) is 9.59 Å². The standard InChI is InChI=1S/C21H33ClN4O5S/c1-14(23-18(27)30-20(2,3)4)25(8)17(22)24-16(13-32)26(12-15-10-9-11-29-15)19(28)31-21(5,6)7/h9-11,13-14,32H,12H2,1-8H3,(H,23,27)/b16-13-,24-17-. The van der Waals surface area contributed by atoms with Crippen LogP contribution in [-0.2, 0) is 16.0 Å². The fourth-order valence-electron chi connectivity index (χ4n) is 2.18. The van der Waals surface area contributed by atoms with E-state index in [-0.39, 0.29) is 17.7 Å². The molecule has 0 fully saturated rings. The molecule has 180 valence electrons. The molecule has 0 aliphatic heterocycles. The van der Waals surface area contributed by atoms with Crippen LogP contribution in [0.3, 0.4) is 0 Å². The van der Waals surface area contributed by atoms with Gasteiger partial charge in [-0.05, 0) is 72.2 Å². The zero-order valence-electron chi connectivity index (χ0n) is 19.8. The Hall–Kier alpha value is -2.33. The van der Waals surface area contributed by atoms with Gasteiger partial charge < -0.3 is 24.1 Å². The summed E-state index contributed by atoms with van der Waals surface area (Å²) in [6, 6.07) is 3.43. The third-order valence-corrected chi connectivity index (χ3v) is 4.29. The van der Waals surface area contributed by atoms with Crippen molar-refractivity contribution >= 4 is 41.7 Å². The molecule has 2 amide bonds. The van der Waals surface area contributed by atoms with Crippen molar-refractivity contribution in [3.05, 3.63) is 35.4 Å². The number of hydrogen-bond acceptors (Lipinski definition) is 7. The number of alkyl carbamates (subject to hydrolysis) is 1. The van der Waals surface area contributed by atoms with E-state index in [0.29, 0.717) is 5.76 Å². The van der Waals surface area contributed by atoms with Crippen molar-refractivity contribution in [2.45, 2.75) is 72.4 Å². The highest BCUT2D eigenvalue weighted by molar-refractivity contribution is 7.83. The van der Waals surface area contributed by atoms with Crippen molar-refractivity contribution < 1.29 is 23.5 Å². The molecule has 0 radical (unpaired) electrons. The van der Waals surface area contributed by atoms with Crippen LogP contribution >= 0.6 is 24.2 Å². The third kappa shape index (κ3) is 9.86. The zero-order chi connectivity index (χ0) is 24.7. The van der Waals surface area contributed by atoms with E-state index in [1.807, 2.05) is 0 Å². The minimum Gasteiger partial charge on any atom is -0.467 e. The lowest BCUT2D eigenvalue weighted by Gasteiger charge is -2.29. The molecule has 1 unspecified atom stereocenters. The second kappa shape index (κ2) is 11.5. The summed E-state index contributed by atoms with van der Waals surface area (Å²) in [5.41, 5.74) is -1.36. The van der Waals surface area contributed by atoms with E-state index in [1.54, 1.807) is 67.6 Å². The smallest absolute Gasteiger partial charge is 0.416 e. The molecular weight excluding hydrogens is 456 g/mol. The molecule has 1 rings (SSSR count). The Morgan fingerprint density at radius 1 is 1.25 bits per heavy atom. The van der Waals surface area contributed by atoms with Crippen molar-refractivity contribution in [1.82, 2.24) is 15.1 Å². The van der Waals surface area contributed by atoms with E-state index in [4.69, 9.17) is 25.5 Å². The molecule has 0 spiro atoms. The Morgan fingerprint density at radius 2 is 1.84 bits per heavy atom. The fraction of sp³-hybridized carbons (Fsp3) is 0.571. The monoisotopic (exact) mass is 488 g/mol. The van der Waals surface area contributed by atoms with Crippen LogP contribution in [0.15, 0.2) is 39.0 Å². The summed E-state index contributed by atoms with van der Waals surface area (Å²) in [5, 5.41) is 4.00. The number of halogens is 1. The normalized spacial score (nSPS) is 13.9. The molecular formula is C21H33ClN4O5S. The highest BCUT2D eigenvalue weighted by atomic mass is 35.5. The van der Waals surface area contributed by atoms with Crippen molar-refractivity contribution in [2.24, 2.45) is 4.99 Å². The van der Waals surface area contributed by atoms with Crippen molar-refractivity contribution in [3.8, 4) is 0 Å². The van der Waals surface area contributed by atoms with Gasteiger partial charge in [0, 0.05) is 12.5 Å². The van der Waals surface area contributed by atoms with Gasteiger partial charge in [0.15, 0.2) is 0 Å². The van der Waals surface area contributed by atoms with Gasteiger partial charge in [0.25, 0.3) is 0 Å². The SMILES string of the molecule is CC(NC(=O)OC(C)(C)C)N(C)/C(Cl)=N\C(=C\S)N(Cc1ccco1)C(=O)OC(C)(C)C. The van der Waals surface area contributed by atoms with Crippen LogP contribution in [0.25, 0.3) is 0 Å². The Bertz CT molecular complexity index is 828. The maximum atomic E-state index is 12.8. The molecule has 0 saturated heterocycles. The van der Waals surface area contributed by atoms with Gasteiger partial charge in [-0.3, -0.25) is 4.90 Å². The number of amidine groups is 1. The molecule has 1 aromatic heterocycles. The maximum absolute atomic E-state index is 12.8. The molecule has 0 aromatic carbocycles. The second-order valence-corrected chi connectivity index (χ2v) is 9.54. The Morgan fingerprint density at radius 3 is 2.31 bits per heavy atom. The number of hydrogen-bond donors (Lipinski definition) is 2. The number of carbonyl (C=O) groups is 2. The van der Waals surface area contributed by atoms with E-state index < -0.39 is 29.6 Å². The molecule has 0 aliphatic rings. The van der Waals surface area contributed by atoms with Crippen molar-refractivity contribution in [2.75, 3.05) is 7.05 Å². The summed E-state index contributed by atoms with van der Waals surface area (Å²) < 4.78 is 16.1. The summed E-state index contributed by atoms with van der Waals surface area (Å²) in [7, 11) is 1.63. The second-order valence-electron chi connectivity index (χ2n) is 8.95. The average molecular weight is 489 g/mol. The molecule has 0 aliphatic carbocycles. The quantitative estimate of drug-likeness (QED) is 0.189. The van der Waals surface area contributed by atoms with Crippen LogP contribution in [0.1, 0.15) is 54.2 Å². The molecule has 1 N–H and O–H groups in total. The molecule has 0 saturated carbocycles. The van der Waals surface area contributed by atoms with E-state index in [1.165, 1.54) is 21.5 Å². The highest BCUT2D eigenvalue weighted by Gasteiger charge is 2.27. The van der Waals surface area contributed by atoms with Crippen molar-refractivity contribution in [1.29, 1.82) is 0 Å². The number of thiol groups is 1. The number of carbonyl (C=O) groups excluding carboxylic acids is 2. The number of ether oxygens (including phenoxy) is 2. The van der Waals surface area contributed by atoms with Gasteiger partial charge in [0.2, 0.25) is 5.29 Å². The van der Waals surface area contributed by atoms with E-state index in [0.717, 1.165) is 0 Å². The van der Waals surface area contributed by atoms with Crippen LogP contribution in [0.2, 0.25) is 0 Å². The molecule has 11 heteroatoms. The number of aliphatic imine (C=N–C) groups is 1. The first kappa shape index (κ1) is 27.7.